The summed E-state index contributed by atoms with van der Waals surface area (Å²) in [4.78, 5) is 4.33. The molecule has 1 aromatic heterocycles. The number of methoxy groups -OCH3 is 1. The van der Waals surface area contributed by atoms with E-state index >= 15 is 0 Å². The molecule has 4 heteroatoms. The minimum absolute atomic E-state index is 0.358. The van der Waals surface area contributed by atoms with Gasteiger partial charge in [-0.05, 0) is 47.8 Å². The Kier molecular flexibility index (Phi) is 5.05. The molecule has 1 rings (SSSR count). The summed E-state index contributed by atoms with van der Waals surface area (Å²) in [6, 6.07) is 2.41. The van der Waals surface area contributed by atoms with Crippen molar-refractivity contribution in [2.45, 2.75) is 26.3 Å². The second-order valence-corrected chi connectivity index (χ2v) is 4.52. The molecule has 0 bridgehead atoms. The lowest BCUT2D eigenvalue weighted by molar-refractivity contribution is 0.191. The molecule has 15 heavy (non-hydrogen) atoms. The van der Waals surface area contributed by atoms with Gasteiger partial charge in [-0.1, -0.05) is 0 Å². The fourth-order valence-electron chi connectivity index (χ4n) is 1.24. The SMILES string of the molecule is COCCC(C)Nc1ncc(C)cc1Br. The molecular formula is C11H17BrN2O. The van der Waals surface area contributed by atoms with Crippen molar-refractivity contribution in [3.63, 3.8) is 0 Å². The summed E-state index contributed by atoms with van der Waals surface area (Å²) < 4.78 is 6.03. The zero-order valence-electron chi connectivity index (χ0n) is 9.38. The number of ether oxygens (including phenoxy) is 1. The van der Waals surface area contributed by atoms with Gasteiger partial charge in [0.25, 0.3) is 0 Å². The maximum absolute atomic E-state index is 5.03. The molecule has 0 amide bonds. The fraction of sp³-hybridized carbons (Fsp3) is 0.545. The molecular weight excluding hydrogens is 256 g/mol. The molecule has 1 heterocycles. The Labute approximate surface area is 99.4 Å². The van der Waals surface area contributed by atoms with E-state index in [4.69, 9.17) is 4.74 Å². The topological polar surface area (TPSA) is 34.1 Å². The second-order valence-electron chi connectivity index (χ2n) is 3.67. The quantitative estimate of drug-likeness (QED) is 0.895. The third-order valence-electron chi connectivity index (χ3n) is 2.12. The van der Waals surface area contributed by atoms with Crippen LogP contribution in [0.25, 0.3) is 0 Å². The van der Waals surface area contributed by atoms with Crippen LogP contribution in [0.2, 0.25) is 0 Å². The average molecular weight is 273 g/mol. The van der Waals surface area contributed by atoms with E-state index in [0.29, 0.717) is 6.04 Å². The van der Waals surface area contributed by atoms with Gasteiger partial charge in [0.05, 0.1) is 4.47 Å². The van der Waals surface area contributed by atoms with Crippen molar-refractivity contribution < 1.29 is 4.74 Å². The Balaban J connectivity index is 2.56. The van der Waals surface area contributed by atoms with Crippen molar-refractivity contribution in [3.05, 3.63) is 22.3 Å². The van der Waals surface area contributed by atoms with Crippen LogP contribution in [0.5, 0.6) is 0 Å². The maximum Gasteiger partial charge on any atom is 0.140 e. The number of rotatable bonds is 5. The average Bonchev–Trinajstić information content (AvgIpc) is 2.19. The Bertz CT molecular complexity index is 317. The van der Waals surface area contributed by atoms with E-state index in [1.807, 2.05) is 13.1 Å². The molecule has 0 radical (unpaired) electrons. The normalized spacial score (nSPS) is 12.5. The van der Waals surface area contributed by atoms with Crippen LogP contribution in [0.3, 0.4) is 0 Å². The highest BCUT2D eigenvalue weighted by atomic mass is 79.9. The van der Waals surface area contributed by atoms with Crippen molar-refractivity contribution >= 4 is 21.7 Å². The number of halogens is 1. The molecule has 0 aliphatic heterocycles. The van der Waals surface area contributed by atoms with Gasteiger partial charge in [0, 0.05) is 26.0 Å². The number of nitrogens with one attached hydrogen (secondary N) is 1. The largest absolute Gasteiger partial charge is 0.385 e. The third-order valence-corrected chi connectivity index (χ3v) is 2.72. The van der Waals surface area contributed by atoms with Gasteiger partial charge in [0.15, 0.2) is 0 Å². The minimum Gasteiger partial charge on any atom is -0.385 e. The van der Waals surface area contributed by atoms with Crippen LogP contribution >= 0.6 is 15.9 Å². The predicted molar refractivity (Wildman–Crippen MR) is 66.3 cm³/mol. The molecule has 3 nitrogen and oxygen atoms in total. The smallest absolute Gasteiger partial charge is 0.140 e. The zero-order chi connectivity index (χ0) is 11.3. The molecule has 0 spiro atoms. The molecule has 1 atom stereocenters. The standard InChI is InChI=1S/C11H17BrN2O/c1-8-6-10(12)11(13-7-8)14-9(2)4-5-15-3/h6-7,9H,4-5H2,1-3H3,(H,13,14). The van der Waals surface area contributed by atoms with Gasteiger partial charge < -0.3 is 10.1 Å². The Hall–Kier alpha value is -0.610. The van der Waals surface area contributed by atoms with Gasteiger partial charge in [-0.25, -0.2) is 4.98 Å². The predicted octanol–water partition coefficient (Wildman–Crippen LogP) is 2.99. The lowest BCUT2D eigenvalue weighted by Gasteiger charge is -2.15. The number of aromatic nitrogens is 1. The summed E-state index contributed by atoms with van der Waals surface area (Å²) in [5.74, 6) is 0.893. The molecule has 0 aliphatic carbocycles. The van der Waals surface area contributed by atoms with Gasteiger partial charge in [-0.3, -0.25) is 0 Å². The van der Waals surface area contributed by atoms with E-state index in [9.17, 15) is 0 Å². The summed E-state index contributed by atoms with van der Waals surface area (Å²) in [7, 11) is 1.72. The zero-order valence-corrected chi connectivity index (χ0v) is 11.0. The van der Waals surface area contributed by atoms with E-state index in [1.165, 1.54) is 0 Å². The van der Waals surface area contributed by atoms with E-state index in [2.05, 4.69) is 39.2 Å². The fourth-order valence-corrected chi connectivity index (χ4v) is 1.82. The summed E-state index contributed by atoms with van der Waals surface area (Å²) >= 11 is 3.49. The van der Waals surface area contributed by atoms with Gasteiger partial charge in [0.2, 0.25) is 0 Å². The highest BCUT2D eigenvalue weighted by Crippen LogP contribution is 2.21. The number of hydrogen-bond donors (Lipinski definition) is 1. The summed E-state index contributed by atoms with van der Waals surface area (Å²) in [5.41, 5.74) is 1.15. The van der Waals surface area contributed by atoms with Crippen molar-refractivity contribution in [2.75, 3.05) is 19.0 Å². The number of pyridine rings is 1. The Morgan fingerprint density at radius 2 is 2.33 bits per heavy atom. The number of anilines is 1. The van der Waals surface area contributed by atoms with Crippen LogP contribution in [0.1, 0.15) is 18.9 Å². The van der Waals surface area contributed by atoms with Gasteiger partial charge in [0.1, 0.15) is 5.82 Å². The van der Waals surface area contributed by atoms with Crippen LogP contribution < -0.4 is 5.32 Å². The van der Waals surface area contributed by atoms with Crippen molar-refractivity contribution in [2.24, 2.45) is 0 Å². The van der Waals surface area contributed by atoms with Crippen molar-refractivity contribution in [3.8, 4) is 0 Å². The molecule has 0 saturated carbocycles. The molecule has 0 aliphatic rings. The molecule has 0 aromatic carbocycles. The Morgan fingerprint density at radius 1 is 1.60 bits per heavy atom. The first-order chi connectivity index (χ1) is 7.13. The molecule has 0 fully saturated rings. The van der Waals surface area contributed by atoms with Crippen LogP contribution in [-0.2, 0) is 4.74 Å². The monoisotopic (exact) mass is 272 g/mol. The minimum atomic E-state index is 0.358. The van der Waals surface area contributed by atoms with Crippen molar-refractivity contribution in [1.82, 2.24) is 4.98 Å². The number of hydrogen-bond acceptors (Lipinski definition) is 3. The lowest BCUT2D eigenvalue weighted by atomic mass is 10.2. The van der Waals surface area contributed by atoms with Gasteiger partial charge >= 0.3 is 0 Å². The van der Waals surface area contributed by atoms with Gasteiger partial charge in [-0.15, -0.1) is 0 Å². The molecule has 0 saturated heterocycles. The molecule has 1 aromatic rings. The van der Waals surface area contributed by atoms with E-state index in [0.717, 1.165) is 28.9 Å². The first kappa shape index (κ1) is 12.5. The van der Waals surface area contributed by atoms with E-state index in [1.54, 1.807) is 7.11 Å². The number of aryl methyl sites for hydroxylation is 1. The van der Waals surface area contributed by atoms with Crippen LogP contribution in [-0.4, -0.2) is 24.7 Å². The van der Waals surface area contributed by atoms with E-state index in [-0.39, 0.29) is 0 Å². The van der Waals surface area contributed by atoms with Crippen molar-refractivity contribution in [1.29, 1.82) is 0 Å². The van der Waals surface area contributed by atoms with Crippen LogP contribution in [0.15, 0.2) is 16.7 Å². The van der Waals surface area contributed by atoms with Crippen LogP contribution in [0.4, 0.5) is 5.82 Å². The van der Waals surface area contributed by atoms with Crippen LogP contribution in [0, 0.1) is 6.92 Å². The molecule has 1 unspecified atom stereocenters. The number of nitrogens with zero attached hydrogens (tertiary/aromatic N) is 1. The highest BCUT2D eigenvalue weighted by molar-refractivity contribution is 9.10. The highest BCUT2D eigenvalue weighted by Gasteiger charge is 2.05. The van der Waals surface area contributed by atoms with E-state index < -0.39 is 0 Å². The maximum atomic E-state index is 5.03. The first-order valence-electron chi connectivity index (χ1n) is 5.01. The summed E-state index contributed by atoms with van der Waals surface area (Å²) in [5, 5.41) is 3.33. The first-order valence-corrected chi connectivity index (χ1v) is 5.80. The lowest BCUT2D eigenvalue weighted by Crippen LogP contribution is -2.18. The summed E-state index contributed by atoms with van der Waals surface area (Å²) in [6.07, 6.45) is 2.83. The second kappa shape index (κ2) is 6.08. The third kappa shape index (κ3) is 4.18. The molecule has 84 valence electrons. The van der Waals surface area contributed by atoms with Gasteiger partial charge in [-0.2, -0.15) is 0 Å². The molecule has 1 N–H and O–H groups in total. The summed E-state index contributed by atoms with van der Waals surface area (Å²) in [6.45, 7) is 4.90. The Morgan fingerprint density at radius 3 is 2.93 bits per heavy atom.